The van der Waals surface area contributed by atoms with Crippen molar-refractivity contribution in [2.24, 2.45) is 0 Å². The number of hydrogen-bond acceptors (Lipinski definition) is 3. The predicted molar refractivity (Wildman–Crippen MR) is 70.9 cm³/mol. The molecule has 0 spiro atoms. The van der Waals surface area contributed by atoms with Crippen molar-refractivity contribution < 1.29 is 18.3 Å². The highest BCUT2D eigenvalue weighted by atomic mass is 35.5. The Morgan fingerprint density at radius 1 is 1.37 bits per heavy atom. The zero-order valence-electron chi connectivity index (χ0n) is 9.76. The number of carbonyl (C=O) groups is 1. The molecule has 0 aliphatic carbocycles. The number of rotatable bonds is 6. The van der Waals surface area contributed by atoms with Crippen LogP contribution in [0.5, 0.6) is 0 Å². The first-order valence-electron chi connectivity index (χ1n) is 5.30. The molecule has 1 aromatic rings. The minimum absolute atomic E-state index is 0.0796. The lowest BCUT2D eigenvalue weighted by atomic mass is 10.2. The van der Waals surface area contributed by atoms with Crippen LogP contribution in [0.4, 0.5) is 20.2 Å². The van der Waals surface area contributed by atoms with Crippen LogP contribution in [0.3, 0.4) is 0 Å². The van der Waals surface area contributed by atoms with Crippen LogP contribution in [0, 0.1) is 0 Å². The molecule has 0 aliphatic rings. The molecule has 3 N–H and O–H groups in total. The molecule has 1 aromatic carbocycles. The lowest BCUT2D eigenvalue weighted by molar-refractivity contribution is -0.117. The van der Waals surface area contributed by atoms with E-state index in [1.165, 1.54) is 12.1 Å². The fourth-order valence-electron chi connectivity index (χ4n) is 1.25. The van der Waals surface area contributed by atoms with Crippen LogP contribution in [0.25, 0.3) is 0 Å². The van der Waals surface area contributed by atoms with E-state index < -0.39 is 18.9 Å². The van der Waals surface area contributed by atoms with Crippen molar-refractivity contribution in [1.82, 2.24) is 0 Å². The SMILES string of the molecule is Nc1cc(Cl)c(NC(=O)CCOCC(F)F)c(Cl)c1. The second kappa shape index (κ2) is 7.47. The number of nitrogens with two attached hydrogens (primary N) is 1. The summed E-state index contributed by atoms with van der Waals surface area (Å²) in [5, 5.41) is 2.87. The largest absolute Gasteiger partial charge is 0.399 e. The van der Waals surface area contributed by atoms with Gasteiger partial charge in [0.2, 0.25) is 5.91 Å². The zero-order chi connectivity index (χ0) is 14.4. The summed E-state index contributed by atoms with van der Waals surface area (Å²) in [6, 6.07) is 2.88. The van der Waals surface area contributed by atoms with Gasteiger partial charge >= 0.3 is 0 Å². The molecule has 0 atom stereocenters. The molecular weight excluding hydrogens is 301 g/mol. The highest BCUT2D eigenvalue weighted by Gasteiger charge is 2.11. The zero-order valence-corrected chi connectivity index (χ0v) is 11.3. The Labute approximate surface area is 118 Å². The molecule has 8 heteroatoms. The minimum atomic E-state index is -2.55. The highest BCUT2D eigenvalue weighted by Crippen LogP contribution is 2.32. The number of anilines is 2. The summed E-state index contributed by atoms with van der Waals surface area (Å²) in [7, 11) is 0. The average molecular weight is 313 g/mol. The summed E-state index contributed by atoms with van der Waals surface area (Å²) in [6.45, 7) is -0.808. The predicted octanol–water partition coefficient (Wildman–Crippen LogP) is 3.19. The van der Waals surface area contributed by atoms with Gasteiger partial charge in [0.05, 0.1) is 28.8 Å². The fraction of sp³-hybridized carbons (Fsp3) is 0.364. The summed E-state index contributed by atoms with van der Waals surface area (Å²) in [5.41, 5.74) is 6.11. The lowest BCUT2D eigenvalue weighted by Crippen LogP contribution is -2.16. The molecule has 0 saturated carbocycles. The van der Waals surface area contributed by atoms with Crippen LogP contribution in [-0.2, 0) is 9.53 Å². The monoisotopic (exact) mass is 312 g/mol. The summed E-state index contributed by atoms with van der Waals surface area (Å²) < 4.78 is 28.1. The number of carbonyl (C=O) groups excluding carboxylic acids is 1. The number of alkyl halides is 2. The Morgan fingerprint density at radius 2 is 1.95 bits per heavy atom. The Balaban J connectivity index is 2.49. The first-order chi connectivity index (χ1) is 8.90. The van der Waals surface area contributed by atoms with Crippen molar-refractivity contribution in [3.63, 3.8) is 0 Å². The third-order valence-electron chi connectivity index (χ3n) is 2.05. The molecular formula is C11H12Cl2F2N2O2. The Bertz CT molecular complexity index is 435. The Hall–Kier alpha value is -1.11. The van der Waals surface area contributed by atoms with Crippen LogP contribution in [0.1, 0.15) is 6.42 Å². The quantitative estimate of drug-likeness (QED) is 0.626. The van der Waals surface area contributed by atoms with Crippen molar-refractivity contribution in [2.75, 3.05) is 24.3 Å². The van der Waals surface area contributed by atoms with E-state index in [4.69, 9.17) is 28.9 Å². The van der Waals surface area contributed by atoms with E-state index in [1.807, 2.05) is 0 Å². The minimum Gasteiger partial charge on any atom is -0.399 e. The summed E-state index contributed by atoms with van der Waals surface area (Å²) in [4.78, 5) is 11.5. The molecule has 0 bridgehead atoms. The first-order valence-corrected chi connectivity index (χ1v) is 6.06. The molecule has 106 valence electrons. The van der Waals surface area contributed by atoms with Crippen LogP contribution < -0.4 is 11.1 Å². The molecule has 0 aliphatic heterocycles. The average Bonchev–Trinajstić information content (AvgIpc) is 2.29. The van der Waals surface area contributed by atoms with Gasteiger partial charge < -0.3 is 15.8 Å². The van der Waals surface area contributed by atoms with Gasteiger partial charge in [0.15, 0.2) is 0 Å². The third kappa shape index (κ3) is 5.59. The molecule has 1 rings (SSSR count). The van der Waals surface area contributed by atoms with Gasteiger partial charge in [0.1, 0.15) is 6.61 Å². The van der Waals surface area contributed by atoms with Crippen LogP contribution >= 0.6 is 23.2 Å². The second-order valence-electron chi connectivity index (χ2n) is 3.62. The van der Waals surface area contributed by atoms with Gasteiger partial charge in [0, 0.05) is 5.69 Å². The molecule has 0 fully saturated rings. The summed E-state index contributed by atoms with van der Waals surface area (Å²) in [5.74, 6) is -0.442. The number of nitrogen functional groups attached to an aromatic ring is 1. The van der Waals surface area contributed by atoms with E-state index in [2.05, 4.69) is 10.1 Å². The van der Waals surface area contributed by atoms with E-state index in [1.54, 1.807) is 0 Å². The normalized spacial score (nSPS) is 10.8. The maximum atomic E-state index is 11.8. The van der Waals surface area contributed by atoms with Crippen LogP contribution in [0.2, 0.25) is 10.0 Å². The van der Waals surface area contributed by atoms with Gasteiger partial charge in [0.25, 0.3) is 6.43 Å². The van der Waals surface area contributed by atoms with E-state index >= 15 is 0 Å². The third-order valence-corrected chi connectivity index (χ3v) is 2.64. The molecule has 4 nitrogen and oxygen atoms in total. The van der Waals surface area contributed by atoms with Crippen molar-refractivity contribution in [1.29, 1.82) is 0 Å². The number of benzene rings is 1. The van der Waals surface area contributed by atoms with Gasteiger partial charge in [-0.05, 0) is 12.1 Å². The molecule has 0 radical (unpaired) electrons. The number of ether oxygens (including phenoxy) is 1. The van der Waals surface area contributed by atoms with Gasteiger partial charge in [-0.2, -0.15) is 0 Å². The van der Waals surface area contributed by atoms with E-state index in [9.17, 15) is 13.6 Å². The lowest BCUT2D eigenvalue weighted by Gasteiger charge is -2.10. The highest BCUT2D eigenvalue weighted by molar-refractivity contribution is 6.40. The Kier molecular flexibility index (Phi) is 6.27. The van der Waals surface area contributed by atoms with E-state index in [0.29, 0.717) is 5.69 Å². The van der Waals surface area contributed by atoms with Gasteiger partial charge in [-0.15, -0.1) is 0 Å². The second-order valence-corrected chi connectivity index (χ2v) is 4.44. The number of nitrogens with one attached hydrogen (secondary N) is 1. The van der Waals surface area contributed by atoms with Crippen molar-refractivity contribution in [3.8, 4) is 0 Å². The van der Waals surface area contributed by atoms with E-state index in [-0.39, 0.29) is 28.8 Å². The van der Waals surface area contributed by atoms with Crippen LogP contribution in [0.15, 0.2) is 12.1 Å². The summed E-state index contributed by atoms with van der Waals surface area (Å²) >= 11 is 11.7. The van der Waals surface area contributed by atoms with Crippen molar-refractivity contribution in [3.05, 3.63) is 22.2 Å². The van der Waals surface area contributed by atoms with Crippen molar-refractivity contribution >= 4 is 40.5 Å². The smallest absolute Gasteiger partial charge is 0.261 e. The molecule has 0 heterocycles. The number of amides is 1. The first kappa shape index (κ1) is 15.9. The number of halogens is 4. The van der Waals surface area contributed by atoms with Crippen molar-refractivity contribution in [2.45, 2.75) is 12.8 Å². The standard InChI is InChI=1S/C11H12Cl2F2N2O2/c12-7-3-6(16)4-8(13)11(7)17-10(18)1-2-19-5-9(14)15/h3-4,9H,1-2,5,16H2,(H,17,18). The topological polar surface area (TPSA) is 64.3 Å². The maximum absolute atomic E-state index is 11.8. The van der Waals surface area contributed by atoms with Gasteiger partial charge in [-0.25, -0.2) is 8.78 Å². The molecule has 0 aromatic heterocycles. The molecule has 0 saturated heterocycles. The Morgan fingerprint density at radius 3 is 2.47 bits per heavy atom. The molecule has 0 unspecified atom stereocenters. The fourth-order valence-corrected chi connectivity index (χ4v) is 1.85. The van der Waals surface area contributed by atoms with Gasteiger partial charge in [-0.1, -0.05) is 23.2 Å². The molecule has 19 heavy (non-hydrogen) atoms. The number of hydrogen-bond donors (Lipinski definition) is 2. The maximum Gasteiger partial charge on any atom is 0.261 e. The van der Waals surface area contributed by atoms with E-state index in [0.717, 1.165) is 0 Å². The van der Waals surface area contributed by atoms with Gasteiger partial charge in [-0.3, -0.25) is 4.79 Å². The summed E-state index contributed by atoms with van der Waals surface area (Å²) in [6.07, 6.45) is -2.63. The molecule has 1 amide bonds. The van der Waals surface area contributed by atoms with Crippen LogP contribution in [-0.4, -0.2) is 25.5 Å².